The standard InChI is InChI=1S/C21H19IN2O3S/c1-14-4-3-5-15(2)20(14)24-28(26,27)19-12-10-18(11-13-19)23-21(25)16-6-8-17(22)9-7-16/h3-13,24H,1-2H3,(H,23,25). The van der Waals surface area contributed by atoms with E-state index < -0.39 is 10.0 Å². The van der Waals surface area contributed by atoms with Gasteiger partial charge in [0.2, 0.25) is 0 Å². The average Bonchev–Trinajstić information content (AvgIpc) is 2.66. The van der Waals surface area contributed by atoms with Crippen molar-refractivity contribution >= 4 is 49.9 Å². The molecule has 0 spiro atoms. The van der Waals surface area contributed by atoms with Crippen LogP contribution in [0.25, 0.3) is 0 Å². The minimum atomic E-state index is -3.72. The fourth-order valence-electron chi connectivity index (χ4n) is 2.69. The number of halogens is 1. The van der Waals surface area contributed by atoms with Crippen molar-refractivity contribution in [3.8, 4) is 0 Å². The number of amides is 1. The summed E-state index contributed by atoms with van der Waals surface area (Å²) in [4.78, 5) is 12.4. The summed E-state index contributed by atoms with van der Waals surface area (Å²) in [5.41, 5.74) is 3.34. The number of nitrogens with one attached hydrogen (secondary N) is 2. The van der Waals surface area contributed by atoms with Gasteiger partial charge in [-0.2, -0.15) is 0 Å². The maximum atomic E-state index is 12.7. The molecular formula is C21H19IN2O3S. The zero-order valence-electron chi connectivity index (χ0n) is 15.4. The minimum Gasteiger partial charge on any atom is -0.322 e. The molecule has 0 aliphatic heterocycles. The van der Waals surface area contributed by atoms with Crippen LogP contribution in [0.15, 0.2) is 71.6 Å². The van der Waals surface area contributed by atoms with Crippen molar-refractivity contribution in [1.82, 2.24) is 0 Å². The number of aryl methyl sites for hydroxylation is 2. The Morgan fingerprint density at radius 3 is 2.00 bits per heavy atom. The van der Waals surface area contributed by atoms with Gasteiger partial charge in [0.25, 0.3) is 15.9 Å². The van der Waals surface area contributed by atoms with Crippen LogP contribution in [0, 0.1) is 17.4 Å². The van der Waals surface area contributed by atoms with Crippen molar-refractivity contribution in [3.05, 3.63) is 87.0 Å². The zero-order valence-corrected chi connectivity index (χ0v) is 18.3. The molecule has 0 aliphatic rings. The van der Waals surface area contributed by atoms with Crippen LogP contribution in [0.4, 0.5) is 11.4 Å². The quantitative estimate of drug-likeness (QED) is 0.481. The molecule has 0 radical (unpaired) electrons. The summed E-state index contributed by atoms with van der Waals surface area (Å²) < 4.78 is 29.1. The number of hydrogen-bond donors (Lipinski definition) is 2. The number of benzene rings is 3. The third kappa shape index (κ3) is 4.71. The molecule has 2 N–H and O–H groups in total. The first kappa shape index (κ1) is 20.3. The summed E-state index contributed by atoms with van der Waals surface area (Å²) in [7, 11) is -3.72. The van der Waals surface area contributed by atoms with Crippen LogP contribution in [-0.2, 0) is 10.0 Å². The molecule has 0 saturated heterocycles. The van der Waals surface area contributed by atoms with Gasteiger partial charge in [-0.15, -0.1) is 0 Å². The Morgan fingerprint density at radius 2 is 1.43 bits per heavy atom. The van der Waals surface area contributed by atoms with Crippen molar-refractivity contribution in [2.75, 3.05) is 10.0 Å². The molecule has 3 aromatic carbocycles. The first-order valence-electron chi connectivity index (χ1n) is 8.52. The predicted octanol–water partition coefficient (Wildman–Crippen LogP) is 4.96. The lowest BCUT2D eigenvalue weighted by Gasteiger charge is -2.13. The van der Waals surface area contributed by atoms with Gasteiger partial charge in [-0.3, -0.25) is 9.52 Å². The molecule has 0 unspecified atom stereocenters. The Hall–Kier alpha value is -2.39. The van der Waals surface area contributed by atoms with E-state index in [0.717, 1.165) is 14.7 Å². The third-order valence-corrected chi connectivity index (χ3v) is 6.33. The van der Waals surface area contributed by atoms with Gasteiger partial charge in [0.05, 0.1) is 10.6 Å². The molecule has 3 rings (SSSR count). The molecule has 144 valence electrons. The van der Waals surface area contributed by atoms with Crippen LogP contribution in [0.5, 0.6) is 0 Å². The molecule has 7 heteroatoms. The second-order valence-electron chi connectivity index (χ2n) is 6.36. The lowest BCUT2D eigenvalue weighted by molar-refractivity contribution is 0.102. The fraction of sp³-hybridized carbons (Fsp3) is 0.0952. The monoisotopic (exact) mass is 506 g/mol. The van der Waals surface area contributed by atoms with E-state index in [1.165, 1.54) is 12.1 Å². The number of hydrogen-bond acceptors (Lipinski definition) is 3. The molecular weight excluding hydrogens is 487 g/mol. The summed E-state index contributed by atoms with van der Waals surface area (Å²) in [6.07, 6.45) is 0. The maximum absolute atomic E-state index is 12.7. The third-order valence-electron chi connectivity index (χ3n) is 4.25. The molecule has 0 aliphatic carbocycles. The number of anilines is 2. The van der Waals surface area contributed by atoms with Gasteiger partial charge in [0.15, 0.2) is 0 Å². The second kappa shape index (κ2) is 8.32. The van der Waals surface area contributed by atoms with Crippen LogP contribution in [0.3, 0.4) is 0 Å². The molecule has 1 amide bonds. The molecule has 0 aromatic heterocycles. The maximum Gasteiger partial charge on any atom is 0.261 e. The van der Waals surface area contributed by atoms with Crippen LogP contribution in [0.1, 0.15) is 21.5 Å². The summed E-state index contributed by atoms with van der Waals surface area (Å²) in [5.74, 6) is -0.249. The van der Waals surface area contributed by atoms with Crippen molar-refractivity contribution in [2.45, 2.75) is 18.7 Å². The number of sulfonamides is 1. The number of carbonyl (C=O) groups is 1. The lowest BCUT2D eigenvalue weighted by atomic mass is 10.1. The summed E-state index contributed by atoms with van der Waals surface area (Å²) in [6, 6.07) is 18.9. The Bertz CT molecular complexity index is 1090. The topological polar surface area (TPSA) is 75.3 Å². The van der Waals surface area contributed by atoms with Crippen molar-refractivity contribution < 1.29 is 13.2 Å². The van der Waals surface area contributed by atoms with E-state index in [0.29, 0.717) is 16.9 Å². The predicted molar refractivity (Wildman–Crippen MR) is 120 cm³/mol. The van der Waals surface area contributed by atoms with Crippen LogP contribution in [-0.4, -0.2) is 14.3 Å². The van der Waals surface area contributed by atoms with E-state index in [2.05, 4.69) is 32.6 Å². The Labute approximate surface area is 178 Å². The van der Waals surface area contributed by atoms with Gasteiger partial charge in [-0.25, -0.2) is 8.42 Å². The first-order chi connectivity index (χ1) is 13.3. The largest absolute Gasteiger partial charge is 0.322 e. The van der Waals surface area contributed by atoms with Gasteiger partial charge < -0.3 is 5.32 Å². The van der Waals surface area contributed by atoms with Crippen LogP contribution < -0.4 is 10.0 Å². The fourth-order valence-corrected chi connectivity index (χ4v) is 4.25. The van der Waals surface area contributed by atoms with E-state index in [9.17, 15) is 13.2 Å². The van der Waals surface area contributed by atoms with Crippen molar-refractivity contribution in [1.29, 1.82) is 0 Å². The number of para-hydroxylation sites is 1. The highest BCUT2D eigenvalue weighted by molar-refractivity contribution is 14.1. The van der Waals surface area contributed by atoms with E-state index in [4.69, 9.17) is 0 Å². The SMILES string of the molecule is Cc1cccc(C)c1NS(=O)(=O)c1ccc(NC(=O)c2ccc(I)cc2)cc1. The molecule has 5 nitrogen and oxygen atoms in total. The highest BCUT2D eigenvalue weighted by atomic mass is 127. The molecule has 3 aromatic rings. The summed E-state index contributed by atoms with van der Waals surface area (Å²) >= 11 is 2.17. The highest BCUT2D eigenvalue weighted by Crippen LogP contribution is 2.24. The van der Waals surface area contributed by atoms with Gasteiger partial charge in [-0.1, -0.05) is 18.2 Å². The van der Waals surface area contributed by atoms with Crippen LogP contribution in [0.2, 0.25) is 0 Å². The molecule has 28 heavy (non-hydrogen) atoms. The number of rotatable bonds is 5. The smallest absolute Gasteiger partial charge is 0.261 e. The molecule has 0 saturated carbocycles. The van der Waals surface area contributed by atoms with E-state index >= 15 is 0 Å². The lowest BCUT2D eigenvalue weighted by Crippen LogP contribution is -2.15. The normalized spacial score (nSPS) is 11.1. The van der Waals surface area contributed by atoms with Crippen molar-refractivity contribution in [3.63, 3.8) is 0 Å². The average molecular weight is 506 g/mol. The summed E-state index contributed by atoms with van der Waals surface area (Å²) in [5, 5.41) is 2.77. The van der Waals surface area contributed by atoms with E-state index in [1.54, 1.807) is 24.3 Å². The van der Waals surface area contributed by atoms with E-state index in [1.807, 2.05) is 44.2 Å². The Kier molecular flexibility index (Phi) is 6.04. The highest BCUT2D eigenvalue weighted by Gasteiger charge is 2.16. The molecule has 0 fully saturated rings. The molecule has 0 bridgehead atoms. The van der Waals surface area contributed by atoms with E-state index in [-0.39, 0.29) is 10.8 Å². The van der Waals surface area contributed by atoms with Gasteiger partial charge >= 0.3 is 0 Å². The van der Waals surface area contributed by atoms with Gasteiger partial charge in [0, 0.05) is 14.8 Å². The Balaban J connectivity index is 1.76. The summed E-state index contributed by atoms with van der Waals surface area (Å²) in [6.45, 7) is 3.71. The Morgan fingerprint density at radius 1 is 0.857 bits per heavy atom. The zero-order chi connectivity index (χ0) is 20.3. The molecule has 0 heterocycles. The number of carbonyl (C=O) groups excluding carboxylic acids is 1. The van der Waals surface area contributed by atoms with Crippen LogP contribution >= 0.6 is 22.6 Å². The van der Waals surface area contributed by atoms with Gasteiger partial charge in [0.1, 0.15) is 0 Å². The second-order valence-corrected chi connectivity index (χ2v) is 9.29. The van der Waals surface area contributed by atoms with Crippen molar-refractivity contribution in [2.24, 2.45) is 0 Å². The molecule has 0 atom stereocenters. The van der Waals surface area contributed by atoms with Gasteiger partial charge in [-0.05, 0) is 96.1 Å². The first-order valence-corrected chi connectivity index (χ1v) is 11.1. The minimum absolute atomic E-state index is 0.127.